The highest BCUT2D eigenvalue weighted by atomic mass is 35.5. The first-order chi connectivity index (χ1) is 12.1. The normalized spacial score (nSPS) is 10.7. The molecular weight excluding hydrogens is 336 g/mol. The third-order valence-corrected chi connectivity index (χ3v) is 4.47. The fourth-order valence-corrected chi connectivity index (χ4v) is 2.93. The van der Waals surface area contributed by atoms with Crippen LogP contribution in [0.3, 0.4) is 0 Å². The van der Waals surface area contributed by atoms with Crippen LogP contribution in [-0.4, -0.2) is 19.2 Å². The molecule has 0 spiro atoms. The van der Waals surface area contributed by atoms with Gasteiger partial charge in [0.1, 0.15) is 17.3 Å². The van der Waals surface area contributed by atoms with E-state index in [0.717, 1.165) is 34.4 Å². The van der Waals surface area contributed by atoms with E-state index in [1.807, 2.05) is 24.3 Å². The first-order valence-electron chi connectivity index (χ1n) is 8.18. The number of benzene rings is 2. The van der Waals surface area contributed by atoms with Crippen molar-refractivity contribution >= 4 is 28.3 Å². The monoisotopic (exact) mass is 356 g/mol. The Morgan fingerprint density at radius 3 is 2.60 bits per heavy atom. The lowest BCUT2D eigenvalue weighted by Crippen LogP contribution is -2.04. The highest BCUT2D eigenvalue weighted by Crippen LogP contribution is 2.28. The topological polar surface area (TPSA) is 43.4 Å². The average Bonchev–Trinajstić information content (AvgIpc) is 2.65. The third-order valence-electron chi connectivity index (χ3n) is 4.18. The zero-order valence-corrected chi connectivity index (χ0v) is 15.4. The molecule has 0 amide bonds. The van der Waals surface area contributed by atoms with E-state index in [-0.39, 0.29) is 0 Å². The van der Waals surface area contributed by atoms with Crippen LogP contribution >= 0.6 is 11.6 Å². The van der Waals surface area contributed by atoms with Crippen molar-refractivity contribution < 1.29 is 9.47 Å². The van der Waals surface area contributed by atoms with Crippen molar-refractivity contribution in [2.75, 3.05) is 19.5 Å². The van der Waals surface area contributed by atoms with Gasteiger partial charge in [-0.05, 0) is 36.2 Å². The van der Waals surface area contributed by atoms with E-state index in [1.54, 1.807) is 14.2 Å². The van der Waals surface area contributed by atoms with Crippen molar-refractivity contribution in [3.63, 3.8) is 0 Å². The molecule has 5 heteroatoms. The van der Waals surface area contributed by atoms with Gasteiger partial charge in [0.15, 0.2) is 0 Å². The summed E-state index contributed by atoms with van der Waals surface area (Å²) in [5, 5.41) is 4.95. The van der Waals surface area contributed by atoms with Crippen molar-refractivity contribution in [2.45, 2.75) is 19.9 Å². The number of nitrogens with one attached hydrogen (secondary N) is 1. The van der Waals surface area contributed by atoms with E-state index < -0.39 is 0 Å². The fourth-order valence-electron chi connectivity index (χ4n) is 2.71. The van der Waals surface area contributed by atoms with Gasteiger partial charge < -0.3 is 14.8 Å². The Balaban J connectivity index is 1.86. The molecule has 3 aromatic rings. The minimum absolute atomic E-state index is 0.554. The number of aryl methyl sites for hydroxylation is 1. The van der Waals surface area contributed by atoms with Gasteiger partial charge in [-0.25, -0.2) is 4.98 Å². The molecule has 1 heterocycles. The molecule has 0 atom stereocenters. The quantitative estimate of drug-likeness (QED) is 0.668. The van der Waals surface area contributed by atoms with Crippen LogP contribution < -0.4 is 14.8 Å². The molecule has 25 heavy (non-hydrogen) atoms. The van der Waals surface area contributed by atoms with Gasteiger partial charge in [-0.1, -0.05) is 30.7 Å². The summed E-state index contributed by atoms with van der Waals surface area (Å²) in [5.74, 6) is 2.19. The Kier molecular flexibility index (Phi) is 5.29. The minimum Gasteiger partial charge on any atom is -0.497 e. The molecular formula is C20H21ClN2O2. The largest absolute Gasteiger partial charge is 0.497 e. The summed E-state index contributed by atoms with van der Waals surface area (Å²) in [4.78, 5) is 4.68. The SMILES string of the molecule is CCc1ccc2cc(Cl)c(NCc3ccc(OC)cc3OC)nc2c1. The lowest BCUT2D eigenvalue weighted by Gasteiger charge is -2.13. The number of halogens is 1. The predicted octanol–water partition coefficient (Wildman–Crippen LogP) is 5.08. The smallest absolute Gasteiger partial charge is 0.145 e. The standard InChI is InChI=1S/C20H21ClN2O2/c1-4-13-5-6-14-10-17(21)20(23-18(14)9-13)22-12-15-7-8-16(24-2)11-19(15)25-3/h5-11H,4,12H2,1-3H3,(H,22,23). The van der Waals surface area contributed by atoms with Crippen molar-refractivity contribution in [1.82, 2.24) is 4.98 Å². The maximum absolute atomic E-state index is 6.39. The number of ether oxygens (including phenoxy) is 2. The molecule has 2 aromatic carbocycles. The summed E-state index contributed by atoms with van der Waals surface area (Å²) in [7, 11) is 3.28. The Labute approximate surface area is 152 Å². The number of anilines is 1. The average molecular weight is 357 g/mol. The molecule has 0 aliphatic rings. The summed E-state index contributed by atoms with van der Waals surface area (Å²) in [6, 6.07) is 13.9. The summed E-state index contributed by atoms with van der Waals surface area (Å²) in [6.07, 6.45) is 0.978. The Morgan fingerprint density at radius 2 is 1.88 bits per heavy atom. The molecule has 0 bridgehead atoms. The molecule has 0 saturated carbocycles. The predicted molar refractivity (Wildman–Crippen MR) is 103 cm³/mol. The van der Waals surface area contributed by atoms with Gasteiger partial charge in [0.2, 0.25) is 0 Å². The number of methoxy groups -OCH3 is 2. The molecule has 0 saturated heterocycles. The highest BCUT2D eigenvalue weighted by molar-refractivity contribution is 6.33. The molecule has 0 radical (unpaired) electrons. The highest BCUT2D eigenvalue weighted by Gasteiger charge is 2.09. The number of fused-ring (bicyclic) bond motifs is 1. The van der Waals surface area contributed by atoms with Gasteiger partial charge in [-0.3, -0.25) is 0 Å². The van der Waals surface area contributed by atoms with Crippen LogP contribution in [-0.2, 0) is 13.0 Å². The molecule has 0 unspecified atom stereocenters. The molecule has 4 nitrogen and oxygen atoms in total. The van der Waals surface area contributed by atoms with Crippen LogP contribution in [0.2, 0.25) is 5.02 Å². The van der Waals surface area contributed by atoms with Gasteiger partial charge in [-0.15, -0.1) is 0 Å². The van der Waals surface area contributed by atoms with E-state index in [2.05, 4.69) is 35.4 Å². The number of hydrogen-bond donors (Lipinski definition) is 1. The fraction of sp³-hybridized carbons (Fsp3) is 0.250. The number of hydrogen-bond acceptors (Lipinski definition) is 4. The van der Waals surface area contributed by atoms with E-state index in [9.17, 15) is 0 Å². The van der Waals surface area contributed by atoms with E-state index in [0.29, 0.717) is 17.4 Å². The van der Waals surface area contributed by atoms with Gasteiger partial charge in [-0.2, -0.15) is 0 Å². The molecule has 3 rings (SSSR count). The lowest BCUT2D eigenvalue weighted by molar-refractivity contribution is 0.391. The van der Waals surface area contributed by atoms with Crippen LogP contribution in [0.4, 0.5) is 5.82 Å². The first kappa shape index (κ1) is 17.4. The van der Waals surface area contributed by atoms with E-state index in [4.69, 9.17) is 21.1 Å². The van der Waals surface area contributed by atoms with E-state index in [1.165, 1.54) is 5.56 Å². The van der Waals surface area contributed by atoms with Crippen LogP contribution in [0.25, 0.3) is 10.9 Å². The summed E-state index contributed by atoms with van der Waals surface area (Å²) >= 11 is 6.39. The Hall–Kier alpha value is -2.46. The maximum Gasteiger partial charge on any atom is 0.145 e. The van der Waals surface area contributed by atoms with Crippen LogP contribution in [0.15, 0.2) is 42.5 Å². The summed E-state index contributed by atoms with van der Waals surface area (Å²) < 4.78 is 10.7. The molecule has 130 valence electrons. The zero-order chi connectivity index (χ0) is 17.8. The first-order valence-corrected chi connectivity index (χ1v) is 8.56. The minimum atomic E-state index is 0.554. The van der Waals surface area contributed by atoms with Gasteiger partial charge >= 0.3 is 0 Å². The summed E-state index contributed by atoms with van der Waals surface area (Å²) in [5.41, 5.74) is 3.20. The third kappa shape index (κ3) is 3.80. The maximum atomic E-state index is 6.39. The molecule has 0 fully saturated rings. The number of rotatable bonds is 6. The Bertz CT molecular complexity index is 896. The molecule has 1 aromatic heterocycles. The van der Waals surface area contributed by atoms with Crippen molar-refractivity contribution in [3.8, 4) is 11.5 Å². The molecule has 0 aliphatic heterocycles. The number of aromatic nitrogens is 1. The number of nitrogens with zero attached hydrogens (tertiary/aromatic N) is 1. The lowest BCUT2D eigenvalue weighted by atomic mass is 10.1. The second-order valence-corrected chi connectivity index (χ2v) is 6.14. The van der Waals surface area contributed by atoms with Gasteiger partial charge in [0, 0.05) is 23.6 Å². The van der Waals surface area contributed by atoms with E-state index >= 15 is 0 Å². The van der Waals surface area contributed by atoms with Crippen LogP contribution in [0, 0.1) is 0 Å². The van der Waals surface area contributed by atoms with Crippen LogP contribution in [0.5, 0.6) is 11.5 Å². The van der Waals surface area contributed by atoms with Crippen molar-refractivity contribution in [2.24, 2.45) is 0 Å². The Morgan fingerprint density at radius 1 is 1.04 bits per heavy atom. The number of pyridine rings is 1. The van der Waals surface area contributed by atoms with Gasteiger partial charge in [0.05, 0.1) is 24.8 Å². The second-order valence-electron chi connectivity index (χ2n) is 5.73. The molecule has 1 N–H and O–H groups in total. The zero-order valence-electron chi connectivity index (χ0n) is 14.6. The van der Waals surface area contributed by atoms with Crippen molar-refractivity contribution in [1.29, 1.82) is 0 Å². The van der Waals surface area contributed by atoms with Gasteiger partial charge in [0.25, 0.3) is 0 Å². The molecule has 0 aliphatic carbocycles. The van der Waals surface area contributed by atoms with Crippen LogP contribution in [0.1, 0.15) is 18.1 Å². The van der Waals surface area contributed by atoms with Crippen molar-refractivity contribution in [3.05, 3.63) is 58.6 Å². The second kappa shape index (κ2) is 7.62. The summed E-state index contributed by atoms with van der Waals surface area (Å²) in [6.45, 7) is 2.69.